The van der Waals surface area contributed by atoms with Crippen molar-refractivity contribution < 1.29 is 4.74 Å². The van der Waals surface area contributed by atoms with Gasteiger partial charge in [0.15, 0.2) is 0 Å². The van der Waals surface area contributed by atoms with Gasteiger partial charge in [-0.05, 0) is 32.6 Å². The molecule has 0 radical (unpaired) electrons. The molecule has 2 atom stereocenters. The summed E-state index contributed by atoms with van der Waals surface area (Å²) in [4.78, 5) is 0. The van der Waals surface area contributed by atoms with Crippen LogP contribution < -0.4 is 0 Å². The molecule has 0 spiro atoms. The maximum Gasteiger partial charge on any atom is 0.0914 e. The Hall–Kier alpha value is -0.720. The second-order valence-electron chi connectivity index (χ2n) is 4.11. The SMILES string of the molecule is C=C(OC)C(C)C(C)CCC(C)=CC. The number of hydrogen-bond acceptors (Lipinski definition) is 1. The predicted octanol–water partition coefficient (Wildman–Crippen LogP) is 4.17. The third-order valence-corrected chi connectivity index (χ3v) is 3.11. The lowest BCUT2D eigenvalue weighted by Crippen LogP contribution is -2.11. The van der Waals surface area contributed by atoms with E-state index in [4.69, 9.17) is 4.74 Å². The van der Waals surface area contributed by atoms with Gasteiger partial charge in [0.1, 0.15) is 0 Å². The highest BCUT2D eigenvalue weighted by Gasteiger charge is 2.15. The van der Waals surface area contributed by atoms with Crippen molar-refractivity contribution in [2.75, 3.05) is 7.11 Å². The van der Waals surface area contributed by atoms with E-state index in [1.807, 2.05) is 0 Å². The Morgan fingerprint density at radius 3 is 2.43 bits per heavy atom. The van der Waals surface area contributed by atoms with Crippen LogP contribution in [-0.2, 0) is 4.74 Å². The minimum absolute atomic E-state index is 0.449. The van der Waals surface area contributed by atoms with E-state index in [0.29, 0.717) is 11.8 Å². The smallest absolute Gasteiger partial charge is 0.0914 e. The fraction of sp³-hybridized carbons (Fsp3) is 0.692. The molecule has 0 aliphatic rings. The highest BCUT2D eigenvalue weighted by atomic mass is 16.5. The molecule has 0 heterocycles. The topological polar surface area (TPSA) is 9.23 Å². The van der Waals surface area contributed by atoms with Gasteiger partial charge in [-0.2, -0.15) is 0 Å². The van der Waals surface area contributed by atoms with Crippen LogP contribution >= 0.6 is 0 Å². The van der Waals surface area contributed by atoms with Crippen molar-refractivity contribution in [2.45, 2.75) is 40.5 Å². The molecule has 1 heteroatoms. The molecule has 0 N–H and O–H groups in total. The van der Waals surface area contributed by atoms with Crippen LogP contribution in [0, 0.1) is 11.8 Å². The summed E-state index contributed by atoms with van der Waals surface area (Å²) in [7, 11) is 1.70. The van der Waals surface area contributed by atoms with E-state index in [9.17, 15) is 0 Å². The first kappa shape index (κ1) is 13.3. The fourth-order valence-corrected chi connectivity index (χ4v) is 1.35. The van der Waals surface area contributed by atoms with E-state index < -0.39 is 0 Å². The third-order valence-electron chi connectivity index (χ3n) is 3.11. The van der Waals surface area contributed by atoms with Gasteiger partial charge in [0, 0.05) is 5.92 Å². The van der Waals surface area contributed by atoms with Crippen LogP contribution in [0.5, 0.6) is 0 Å². The van der Waals surface area contributed by atoms with Gasteiger partial charge >= 0.3 is 0 Å². The van der Waals surface area contributed by atoms with Crippen LogP contribution in [0.1, 0.15) is 40.5 Å². The van der Waals surface area contributed by atoms with Crippen LogP contribution in [0.4, 0.5) is 0 Å². The van der Waals surface area contributed by atoms with E-state index in [0.717, 1.165) is 5.76 Å². The molecule has 0 bridgehead atoms. The maximum absolute atomic E-state index is 5.16. The molecule has 2 unspecified atom stereocenters. The van der Waals surface area contributed by atoms with Crippen LogP contribution in [-0.4, -0.2) is 7.11 Å². The Morgan fingerprint density at radius 2 is 2.00 bits per heavy atom. The maximum atomic E-state index is 5.16. The molecular weight excluding hydrogens is 172 g/mol. The normalized spacial score (nSPS) is 16.2. The minimum atomic E-state index is 0.449. The summed E-state index contributed by atoms with van der Waals surface area (Å²) < 4.78 is 5.16. The van der Waals surface area contributed by atoms with Gasteiger partial charge in [-0.3, -0.25) is 0 Å². The molecule has 0 rings (SSSR count). The van der Waals surface area contributed by atoms with E-state index in [2.05, 4.69) is 40.3 Å². The van der Waals surface area contributed by atoms with E-state index in [1.54, 1.807) is 7.11 Å². The van der Waals surface area contributed by atoms with Gasteiger partial charge in [0.25, 0.3) is 0 Å². The largest absolute Gasteiger partial charge is 0.501 e. The van der Waals surface area contributed by atoms with E-state index in [-0.39, 0.29) is 0 Å². The van der Waals surface area contributed by atoms with Gasteiger partial charge in [0.2, 0.25) is 0 Å². The summed E-state index contributed by atoms with van der Waals surface area (Å²) in [6.45, 7) is 12.6. The molecule has 0 aliphatic carbocycles. The standard InChI is InChI=1S/C13H24O/c1-7-10(2)8-9-11(3)12(4)13(5)14-6/h7,11-12H,5,8-9H2,1-4,6H3. The van der Waals surface area contributed by atoms with Crippen molar-refractivity contribution in [3.8, 4) is 0 Å². The highest BCUT2D eigenvalue weighted by Crippen LogP contribution is 2.24. The van der Waals surface area contributed by atoms with Gasteiger partial charge in [-0.1, -0.05) is 32.1 Å². The number of hydrogen-bond donors (Lipinski definition) is 0. The Kier molecular flexibility index (Phi) is 6.35. The van der Waals surface area contributed by atoms with Crippen LogP contribution in [0.15, 0.2) is 24.0 Å². The zero-order valence-corrected chi connectivity index (χ0v) is 10.3. The van der Waals surface area contributed by atoms with Crippen molar-refractivity contribution >= 4 is 0 Å². The van der Waals surface area contributed by atoms with Gasteiger partial charge in [0.05, 0.1) is 12.9 Å². The van der Waals surface area contributed by atoms with Crippen LogP contribution in [0.2, 0.25) is 0 Å². The zero-order valence-electron chi connectivity index (χ0n) is 10.3. The van der Waals surface area contributed by atoms with Crippen LogP contribution in [0.25, 0.3) is 0 Å². The molecule has 0 aromatic carbocycles. The van der Waals surface area contributed by atoms with Crippen molar-refractivity contribution in [3.63, 3.8) is 0 Å². The summed E-state index contributed by atoms with van der Waals surface area (Å²) in [5.74, 6) is 1.98. The molecule has 0 saturated heterocycles. The molecule has 0 fully saturated rings. The average Bonchev–Trinajstić information content (AvgIpc) is 2.22. The number of rotatable bonds is 6. The zero-order chi connectivity index (χ0) is 11.1. The Bertz CT molecular complexity index is 203. The van der Waals surface area contributed by atoms with Crippen molar-refractivity contribution in [3.05, 3.63) is 24.0 Å². The van der Waals surface area contributed by atoms with Crippen molar-refractivity contribution in [2.24, 2.45) is 11.8 Å². The average molecular weight is 196 g/mol. The number of allylic oxidation sites excluding steroid dienone is 3. The first-order valence-electron chi connectivity index (χ1n) is 5.37. The second kappa shape index (κ2) is 6.69. The monoisotopic (exact) mass is 196 g/mol. The molecule has 0 aromatic rings. The third kappa shape index (κ3) is 4.50. The Balaban J connectivity index is 3.95. The molecule has 0 aromatic heterocycles. The number of ether oxygens (including phenoxy) is 1. The van der Waals surface area contributed by atoms with Crippen molar-refractivity contribution in [1.82, 2.24) is 0 Å². The molecule has 82 valence electrons. The van der Waals surface area contributed by atoms with Gasteiger partial charge in [-0.15, -0.1) is 0 Å². The van der Waals surface area contributed by atoms with Gasteiger partial charge in [-0.25, -0.2) is 0 Å². The van der Waals surface area contributed by atoms with Gasteiger partial charge < -0.3 is 4.74 Å². The Morgan fingerprint density at radius 1 is 1.43 bits per heavy atom. The van der Waals surface area contributed by atoms with E-state index >= 15 is 0 Å². The minimum Gasteiger partial charge on any atom is -0.501 e. The highest BCUT2D eigenvalue weighted by molar-refractivity contribution is 4.97. The lowest BCUT2D eigenvalue weighted by Gasteiger charge is -2.21. The second-order valence-corrected chi connectivity index (χ2v) is 4.11. The summed E-state index contributed by atoms with van der Waals surface area (Å²) in [6.07, 6.45) is 4.57. The molecule has 0 amide bonds. The summed E-state index contributed by atoms with van der Waals surface area (Å²) >= 11 is 0. The Labute approximate surface area is 88.9 Å². The molecule has 0 aliphatic heterocycles. The summed E-state index contributed by atoms with van der Waals surface area (Å²) in [5, 5.41) is 0. The summed E-state index contributed by atoms with van der Waals surface area (Å²) in [5.41, 5.74) is 1.46. The number of methoxy groups -OCH3 is 1. The fourth-order valence-electron chi connectivity index (χ4n) is 1.35. The van der Waals surface area contributed by atoms with Crippen molar-refractivity contribution in [1.29, 1.82) is 0 Å². The lowest BCUT2D eigenvalue weighted by atomic mass is 9.89. The molecule has 14 heavy (non-hydrogen) atoms. The lowest BCUT2D eigenvalue weighted by molar-refractivity contribution is 0.216. The summed E-state index contributed by atoms with van der Waals surface area (Å²) in [6, 6.07) is 0. The molecule has 0 saturated carbocycles. The predicted molar refractivity (Wildman–Crippen MR) is 63.1 cm³/mol. The van der Waals surface area contributed by atoms with Crippen LogP contribution in [0.3, 0.4) is 0 Å². The first-order chi connectivity index (χ1) is 6.52. The molecule has 1 nitrogen and oxygen atoms in total. The first-order valence-corrected chi connectivity index (χ1v) is 5.37. The quantitative estimate of drug-likeness (QED) is 0.458. The van der Waals surface area contributed by atoms with E-state index in [1.165, 1.54) is 18.4 Å². The molecular formula is C13H24O.